The lowest BCUT2D eigenvalue weighted by molar-refractivity contribution is -0.150. The zero-order valence-electron chi connectivity index (χ0n) is 18.8. The SMILES string of the molecule is CCn1c(SCC2=C(C(=O)O)N3C(=O)C(NC(=O)C(N)c4ccc(Cl)cc4)[C@H]3SC2)nnc(O)c1=O. The molecule has 2 amide bonds. The van der Waals surface area contributed by atoms with Crippen molar-refractivity contribution in [1.29, 1.82) is 0 Å². The van der Waals surface area contributed by atoms with E-state index in [-0.39, 0.29) is 28.9 Å². The molecule has 36 heavy (non-hydrogen) atoms. The average Bonchev–Trinajstić information content (AvgIpc) is 2.87. The first-order valence-electron chi connectivity index (χ1n) is 10.6. The van der Waals surface area contributed by atoms with Crippen LogP contribution in [0.2, 0.25) is 5.02 Å². The Balaban J connectivity index is 1.48. The number of fused-ring (bicyclic) bond motifs is 1. The summed E-state index contributed by atoms with van der Waals surface area (Å²) in [6.45, 7) is 1.93. The Morgan fingerprint density at radius 1 is 1.31 bits per heavy atom. The lowest BCUT2D eigenvalue weighted by atomic mass is 10.0. The van der Waals surface area contributed by atoms with Crippen LogP contribution < -0.4 is 16.6 Å². The standard InChI is InChI=1S/C21H21ClN6O6S2/c1-2-27-18(32)16(30)25-26-21(27)36-8-10-7-35-19-13(17(31)28(19)14(10)20(33)34)24-15(29)12(23)9-3-5-11(22)6-4-9/h3-6,12-13,19H,2,7-8,23H2,1H3,(H,24,29)(H,25,30)(H,33,34)/t12?,13?,19-/m1/s1. The minimum Gasteiger partial charge on any atom is -0.488 e. The Morgan fingerprint density at radius 2 is 2.00 bits per heavy atom. The van der Waals surface area contributed by atoms with Gasteiger partial charge in [-0.05, 0) is 30.2 Å². The number of carbonyl (C=O) groups is 3. The van der Waals surface area contributed by atoms with Gasteiger partial charge in [-0.1, -0.05) is 35.5 Å². The summed E-state index contributed by atoms with van der Waals surface area (Å²) in [5.41, 5.74) is 6.13. The highest BCUT2D eigenvalue weighted by molar-refractivity contribution is 8.01. The Hall–Kier alpha value is -3.07. The van der Waals surface area contributed by atoms with Gasteiger partial charge in [-0.2, -0.15) is 0 Å². The summed E-state index contributed by atoms with van der Waals surface area (Å²) in [7, 11) is 0. The first-order valence-corrected chi connectivity index (χ1v) is 13.1. The fourth-order valence-electron chi connectivity index (χ4n) is 3.79. The molecule has 1 aromatic heterocycles. The number of nitrogens with two attached hydrogens (primary N) is 1. The maximum absolute atomic E-state index is 12.9. The highest BCUT2D eigenvalue weighted by Crippen LogP contribution is 2.41. The molecule has 1 fully saturated rings. The van der Waals surface area contributed by atoms with E-state index in [4.69, 9.17) is 17.3 Å². The molecule has 3 atom stereocenters. The number of halogens is 1. The first-order chi connectivity index (χ1) is 17.1. The summed E-state index contributed by atoms with van der Waals surface area (Å²) in [4.78, 5) is 50.8. The van der Waals surface area contributed by atoms with E-state index in [1.165, 1.54) is 16.3 Å². The third kappa shape index (κ3) is 4.81. The van der Waals surface area contributed by atoms with E-state index in [1.807, 2.05) is 0 Å². The van der Waals surface area contributed by atoms with Crippen LogP contribution in [0.25, 0.3) is 0 Å². The smallest absolute Gasteiger partial charge is 0.352 e. The molecular weight excluding hydrogens is 532 g/mol. The van der Waals surface area contributed by atoms with E-state index < -0.39 is 46.7 Å². The van der Waals surface area contributed by atoms with E-state index in [1.54, 1.807) is 31.2 Å². The molecule has 0 spiro atoms. The van der Waals surface area contributed by atoms with Gasteiger partial charge in [-0.25, -0.2) is 4.79 Å². The molecule has 0 saturated carbocycles. The maximum Gasteiger partial charge on any atom is 0.352 e. The fourth-order valence-corrected chi connectivity index (χ4v) is 6.40. The topological polar surface area (TPSA) is 181 Å². The Bertz CT molecular complexity index is 1320. The molecule has 0 bridgehead atoms. The molecule has 2 aliphatic heterocycles. The number of aromatic hydroxyl groups is 1. The average molecular weight is 553 g/mol. The van der Waals surface area contributed by atoms with Crippen molar-refractivity contribution in [2.75, 3.05) is 11.5 Å². The number of carboxylic acids is 1. The number of aliphatic carboxylic acids is 1. The van der Waals surface area contributed by atoms with Gasteiger partial charge >= 0.3 is 11.5 Å². The van der Waals surface area contributed by atoms with Crippen molar-refractivity contribution in [1.82, 2.24) is 25.0 Å². The van der Waals surface area contributed by atoms with Crippen LogP contribution in [0.5, 0.6) is 5.88 Å². The Labute approximate surface area is 217 Å². The number of benzene rings is 1. The number of thioether (sulfide) groups is 2. The van der Waals surface area contributed by atoms with Gasteiger partial charge in [0, 0.05) is 23.1 Å². The molecule has 1 aromatic carbocycles. The van der Waals surface area contributed by atoms with Gasteiger partial charge in [0.05, 0.1) is 0 Å². The number of carboxylic acid groups (broad SMARTS) is 1. The van der Waals surface area contributed by atoms with E-state index in [2.05, 4.69) is 15.5 Å². The van der Waals surface area contributed by atoms with Crippen LogP contribution in [0.3, 0.4) is 0 Å². The molecule has 2 unspecified atom stereocenters. The molecule has 190 valence electrons. The van der Waals surface area contributed by atoms with Gasteiger partial charge in [0.2, 0.25) is 5.91 Å². The second kappa shape index (κ2) is 10.5. The summed E-state index contributed by atoms with van der Waals surface area (Å²) in [6, 6.07) is 4.49. The highest BCUT2D eigenvalue weighted by Gasteiger charge is 2.54. The van der Waals surface area contributed by atoms with E-state index in [0.29, 0.717) is 16.2 Å². The van der Waals surface area contributed by atoms with Crippen LogP contribution in [-0.4, -0.2) is 70.6 Å². The predicted octanol–water partition coefficient (Wildman–Crippen LogP) is 0.548. The number of aromatic nitrogens is 3. The summed E-state index contributed by atoms with van der Waals surface area (Å²) in [6.07, 6.45) is 0. The van der Waals surface area contributed by atoms with Crippen molar-refractivity contribution in [2.24, 2.45) is 5.73 Å². The molecule has 5 N–H and O–H groups in total. The van der Waals surface area contributed by atoms with Crippen molar-refractivity contribution >= 4 is 52.9 Å². The molecule has 0 radical (unpaired) electrons. The molecule has 1 saturated heterocycles. The summed E-state index contributed by atoms with van der Waals surface area (Å²) < 4.78 is 1.22. The first kappa shape index (κ1) is 26.0. The molecule has 4 rings (SSSR count). The molecule has 12 nitrogen and oxygen atoms in total. The van der Waals surface area contributed by atoms with Gasteiger partial charge in [0.1, 0.15) is 23.2 Å². The number of amides is 2. The van der Waals surface area contributed by atoms with Crippen molar-refractivity contribution in [3.05, 3.63) is 56.5 Å². The van der Waals surface area contributed by atoms with Crippen LogP contribution >= 0.6 is 35.1 Å². The van der Waals surface area contributed by atoms with Crippen LogP contribution in [0.1, 0.15) is 18.5 Å². The molecule has 3 heterocycles. The molecule has 2 aromatic rings. The van der Waals surface area contributed by atoms with E-state index in [9.17, 15) is 29.4 Å². The van der Waals surface area contributed by atoms with Gasteiger partial charge in [-0.15, -0.1) is 22.0 Å². The van der Waals surface area contributed by atoms with Crippen LogP contribution in [0, 0.1) is 0 Å². The highest BCUT2D eigenvalue weighted by atomic mass is 35.5. The normalized spacial score (nSPS) is 20.0. The number of carbonyl (C=O) groups excluding carboxylic acids is 2. The lowest BCUT2D eigenvalue weighted by Gasteiger charge is -2.49. The number of hydrogen-bond donors (Lipinski definition) is 4. The number of rotatable bonds is 8. The van der Waals surface area contributed by atoms with Gasteiger partial charge in [0.15, 0.2) is 5.16 Å². The van der Waals surface area contributed by atoms with Crippen LogP contribution in [0.15, 0.2) is 45.5 Å². The largest absolute Gasteiger partial charge is 0.488 e. The zero-order chi connectivity index (χ0) is 26.1. The van der Waals surface area contributed by atoms with Gasteiger partial charge in [0.25, 0.3) is 11.8 Å². The Kier molecular flexibility index (Phi) is 7.59. The zero-order valence-corrected chi connectivity index (χ0v) is 21.1. The van der Waals surface area contributed by atoms with Crippen molar-refractivity contribution in [3.63, 3.8) is 0 Å². The van der Waals surface area contributed by atoms with Crippen molar-refractivity contribution in [3.8, 4) is 5.88 Å². The predicted molar refractivity (Wildman–Crippen MR) is 132 cm³/mol. The summed E-state index contributed by atoms with van der Waals surface area (Å²) >= 11 is 8.25. The van der Waals surface area contributed by atoms with Crippen molar-refractivity contribution < 1.29 is 24.6 Å². The van der Waals surface area contributed by atoms with E-state index >= 15 is 0 Å². The molecule has 2 aliphatic rings. The maximum atomic E-state index is 12.9. The number of hydrogen-bond acceptors (Lipinski definition) is 10. The lowest BCUT2D eigenvalue weighted by Crippen LogP contribution is -2.71. The second-order valence-electron chi connectivity index (χ2n) is 7.83. The van der Waals surface area contributed by atoms with Crippen molar-refractivity contribution in [2.45, 2.75) is 36.1 Å². The third-order valence-corrected chi connectivity index (χ3v) is 8.29. The summed E-state index contributed by atoms with van der Waals surface area (Å²) in [5.74, 6) is -2.72. The van der Waals surface area contributed by atoms with Crippen LogP contribution in [-0.2, 0) is 20.9 Å². The number of β-lactam (4-membered cyclic amide) rings is 1. The second-order valence-corrected chi connectivity index (χ2v) is 10.3. The minimum atomic E-state index is -1.28. The molecule has 15 heteroatoms. The fraction of sp³-hybridized carbons (Fsp3) is 0.333. The molecule has 0 aliphatic carbocycles. The number of nitrogens with zero attached hydrogens (tertiary/aromatic N) is 4. The Morgan fingerprint density at radius 3 is 2.64 bits per heavy atom. The monoisotopic (exact) mass is 552 g/mol. The third-order valence-electron chi connectivity index (χ3n) is 5.65. The van der Waals surface area contributed by atoms with E-state index in [0.717, 1.165) is 16.7 Å². The molecular formula is C21H21ClN6O6S2. The minimum absolute atomic E-state index is 0.127. The quantitative estimate of drug-likeness (QED) is 0.265. The van der Waals surface area contributed by atoms with Crippen LogP contribution in [0.4, 0.5) is 0 Å². The number of nitrogens with one attached hydrogen (secondary N) is 1. The van der Waals surface area contributed by atoms with Gasteiger partial charge in [-0.3, -0.25) is 23.9 Å². The summed E-state index contributed by atoms with van der Waals surface area (Å²) in [5, 5.41) is 29.3. The van der Waals surface area contributed by atoms with Gasteiger partial charge < -0.3 is 21.3 Å².